The lowest BCUT2D eigenvalue weighted by Gasteiger charge is -2.47. The van der Waals surface area contributed by atoms with Crippen molar-refractivity contribution in [3.63, 3.8) is 0 Å². The number of aryl methyl sites for hydroxylation is 1. The number of fused-ring (bicyclic) bond motifs is 4. The number of carbonyl (C=O) groups excluding carboxylic acids is 2. The molecule has 3 aromatic carbocycles. The van der Waals surface area contributed by atoms with Crippen LogP contribution < -0.4 is 5.23 Å². The van der Waals surface area contributed by atoms with Crippen molar-refractivity contribution in [3.8, 4) is 0 Å². The SMILES string of the molecule is Cc1ccc(CN2CC(=O)N3C(c4ccc(N([O-])O)cc4)c4[nH]c5ccccc5c4C[C@H]3C2=O)cc1. The van der Waals surface area contributed by atoms with Gasteiger partial charge in [-0.1, -0.05) is 60.2 Å². The van der Waals surface area contributed by atoms with Crippen LogP contribution in [0.15, 0.2) is 72.8 Å². The average molecular weight is 482 g/mol. The standard InChI is InChI=1S/C28H25N4O4/c1-17-6-8-18(9-7-17)15-30-16-25(33)31-24(28(30)34)14-22-21-4-2-3-5-23(21)29-26(22)27(31)19-10-12-20(13-11-19)32(35)36/h2-13,24,27,29,35H,14-16H2,1H3/q-1/t24-,27?/m0/s1. The van der Waals surface area contributed by atoms with Gasteiger partial charge in [-0.2, -0.15) is 0 Å². The number of aromatic amines is 1. The Morgan fingerprint density at radius 3 is 2.47 bits per heavy atom. The number of anilines is 1. The number of nitrogens with zero attached hydrogens (tertiary/aromatic N) is 3. The van der Waals surface area contributed by atoms with Gasteiger partial charge in [0.05, 0.1) is 11.7 Å². The van der Waals surface area contributed by atoms with Gasteiger partial charge in [-0.3, -0.25) is 14.8 Å². The quantitative estimate of drug-likeness (QED) is 0.428. The van der Waals surface area contributed by atoms with Crippen molar-refractivity contribution in [2.75, 3.05) is 11.8 Å². The Kier molecular flexibility index (Phi) is 5.28. The number of H-pyrrole nitrogens is 1. The third kappa shape index (κ3) is 3.62. The zero-order chi connectivity index (χ0) is 25.0. The first-order valence-corrected chi connectivity index (χ1v) is 11.9. The van der Waals surface area contributed by atoms with Gasteiger partial charge in [0.2, 0.25) is 11.8 Å². The van der Waals surface area contributed by atoms with Gasteiger partial charge in [-0.05, 0) is 41.8 Å². The lowest BCUT2D eigenvalue weighted by molar-refractivity contribution is -0.159. The first-order chi connectivity index (χ1) is 17.4. The van der Waals surface area contributed by atoms with E-state index < -0.39 is 12.1 Å². The van der Waals surface area contributed by atoms with Crippen LogP contribution in [0.5, 0.6) is 0 Å². The molecular weight excluding hydrogens is 456 g/mol. The molecule has 1 fully saturated rings. The van der Waals surface area contributed by atoms with E-state index in [4.69, 9.17) is 0 Å². The Balaban J connectivity index is 1.43. The lowest BCUT2D eigenvalue weighted by atomic mass is 9.86. The highest BCUT2D eigenvalue weighted by molar-refractivity contribution is 5.97. The number of rotatable bonds is 4. The molecule has 2 N–H and O–H groups in total. The molecule has 8 heteroatoms. The minimum atomic E-state index is -0.637. The molecule has 0 spiro atoms. The second-order valence-corrected chi connectivity index (χ2v) is 9.53. The van der Waals surface area contributed by atoms with Crippen molar-refractivity contribution < 1.29 is 14.8 Å². The largest absolute Gasteiger partial charge is 0.733 e. The van der Waals surface area contributed by atoms with E-state index in [1.54, 1.807) is 21.9 Å². The highest BCUT2D eigenvalue weighted by Crippen LogP contribution is 2.43. The van der Waals surface area contributed by atoms with Crippen LogP contribution in [0.3, 0.4) is 0 Å². The summed E-state index contributed by atoms with van der Waals surface area (Å²) in [4.78, 5) is 34.3. The maximum absolute atomic E-state index is 13.8. The molecule has 36 heavy (non-hydrogen) atoms. The lowest BCUT2D eigenvalue weighted by Crippen LogP contribution is -2.62. The second kappa shape index (κ2) is 8.51. The molecule has 0 bridgehead atoms. The summed E-state index contributed by atoms with van der Waals surface area (Å²) >= 11 is 0. The monoisotopic (exact) mass is 481 g/mol. The molecular formula is C28H25N4O4-. The fourth-order valence-electron chi connectivity index (χ4n) is 5.50. The summed E-state index contributed by atoms with van der Waals surface area (Å²) < 4.78 is 0. The van der Waals surface area contributed by atoms with Crippen LogP contribution >= 0.6 is 0 Å². The number of hydrogen-bond donors (Lipinski definition) is 2. The Hall–Kier alpha value is -4.14. The second-order valence-electron chi connectivity index (χ2n) is 9.53. The first kappa shape index (κ1) is 22.3. The molecule has 2 aliphatic heterocycles. The van der Waals surface area contributed by atoms with Crippen molar-refractivity contribution in [2.45, 2.75) is 32.0 Å². The third-order valence-electron chi connectivity index (χ3n) is 7.27. The molecule has 182 valence electrons. The van der Waals surface area contributed by atoms with Gasteiger partial charge >= 0.3 is 0 Å². The van der Waals surface area contributed by atoms with Gasteiger partial charge < -0.3 is 25.2 Å². The molecule has 6 rings (SSSR count). The van der Waals surface area contributed by atoms with Gasteiger partial charge in [-0.15, -0.1) is 0 Å². The smallest absolute Gasteiger partial charge is 0.246 e. The molecule has 2 aliphatic rings. The van der Waals surface area contributed by atoms with Gasteiger partial charge in [0, 0.05) is 29.6 Å². The van der Waals surface area contributed by atoms with Crippen LogP contribution in [-0.2, 0) is 22.6 Å². The number of para-hydroxylation sites is 1. The van der Waals surface area contributed by atoms with E-state index in [9.17, 15) is 20.0 Å². The number of aromatic nitrogens is 1. The van der Waals surface area contributed by atoms with Crippen LogP contribution in [0.4, 0.5) is 5.69 Å². The molecule has 0 saturated carbocycles. The predicted molar refractivity (Wildman–Crippen MR) is 135 cm³/mol. The summed E-state index contributed by atoms with van der Waals surface area (Å²) in [6.07, 6.45) is 0.424. The van der Waals surface area contributed by atoms with Crippen LogP contribution in [0, 0.1) is 12.1 Å². The fraction of sp³-hybridized carbons (Fsp3) is 0.214. The van der Waals surface area contributed by atoms with E-state index in [0.717, 1.165) is 38.9 Å². The molecule has 1 saturated heterocycles. The summed E-state index contributed by atoms with van der Waals surface area (Å²) in [5.41, 5.74) is 5.81. The minimum Gasteiger partial charge on any atom is -0.733 e. The van der Waals surface area contributed by atoms with Crippen LogP contribution in [0.25, 0.3) is 10.9 Å². The normalized spacial score (nSPS) is 19.4. The molecule has 8 nitrogen and oxygen atoms in total. The molecule has 1 unspecified atom stereocenters. The first-order valence-electron chi connectivity index (χ1n) is 11.9. The molecule has 0 aliphatic carbocycles. The van der Waals surface area contributed by atoms with Crippen molar-refractivity contribution in [1.82, 2.24) is 14.8 Å². The highest BCUT2D eigenvalue weighted by Gasteiger charge is 2.48. The van der Waals surface area contributed by atoms with Gasteiger partial charge in [0.25, 0.3) is 0 Å². The van der Waals surface area contributed by atoms with Gasteiger partial charge in [-0.25, -0.2) is 0 Å². The van der Waals surface area contributed by atoms with Crippen molar-refractivity contribution in [3.05, 3.63) is 106 Å². The number of hydrogen-bond acceptors (Lipinski definition) is 5. The molecule has 1 aromatic heterocycles. The Morgan fingerprint density at radius 1 is 1.03 bits per heavy atom. The zero-order valence-corrected chi connectivity index (χ0v) is 19.7. The van der Waals surface area contributed by atoms with E-state index in [1.165, 1.54) is 12.1 Å². The Morgan fingerprint density at radius 2 is 1.75 bits per heavy atom. The van der Waals surface area contributed by atoms with Crippen LogP contribution in [0.2, 0.25) is 0 Å². The molecule has 0 radical (unpaired) electrons. The molecule has 2 amide bonds. The number of carbonyl (C=O) groups is 2. The van der Waals surface area contributed by atoms with E-state index in [-0.39, 0.29) is 29.3 Å². The van der Waals surface area contributed by atoms with E-state index in [0.29, 0.717) is 13.0 Å². The summed E-state index contributed by atoms with van der Waals surface area (Å²) in [5, 5.41) is 21.4. The van der Waals surface area contributed by atoms with E-state index in [2.05, 4.69) is 4.98 Å². The Bertz CT molecular complexity index is 1460. The zero-order valence-electron chi connectivity index (χ0n) is 19.7. The number of benzene rings is 3. The average Bonchev–Trinajstić information content (AvgIpc) is 3.25. The van der Waals surface area contributed by atoms with E-state index >= 15 is 0 Å². The number of piperazine rings is 1. The van der Waals surface area contributed by atoms with Crippen molar-refractivity contribution in [2.24, 2.45) is 0 Å². The third-order valence-corrected chi connectivity index (χ3v) is 7.27. The Labute approximate surface area is 207 Å². The topological polar surface area (TPSA) is 103 Å². The summed E-state index contributed by atoms with van der Waals surface area (Å²) in [6.45, 7) is 2.39. The fourth-order valence-corrected chi connectivity index (χ4v) is 5.50. The molecule has 3 heterocycles. The van der Waals surface area contributed by atoms with Crippen molar-refractivity contribution in [1.29, 1.82) is 0 Å². The van der Waals surface area contributed by atoms with Crippen LogP contribution in [-0.4, -0.2) is 44.4 Å². The molecule has 2 atom stereocenters. The summed E-state index contributed by atoms with van der Waals surface area (Å²) in [7, 11) is 0. The molecule has 4 aromatic rings. The van der Waals surface area contributed by atoms with Gasteiger partial charge in [0.1, 0.15) is 12.6 Å². The maximum atomic E-state index is 13.8. The summed E-state index contributed by atoms with van der Waals surface area (Å²) in [6, 6.07) is 21.2. The maximum Gasteiger partial charge on any atom is 0.246 e. The minimum absolute atomic E-state index is 0.00165. The van der Waals surface area contributed by atoms with Crippen LogP contribution in [0.1, 0.15) is 34.0 Å². The van der Waals surface area contributed by atoms with E-state index in [1.807, 2.05) is 55.5 Å². The predicted octanol–water partition coefficient (Wildman–Crippen LogP) is 4.05. The van der Waals surface area contributed by atoms with Gasteiger partial charge in [0.15, 0.2) is 0 Å². The van der Waals surface area contributed by atoms with Crippen molar-refractivity contribution >= 4 is 28.4 Å². The number of amides is 2. The summed E-state index contributed by atoms with van der Waals surface area (Å²) in [5.74, 6) is -0.202. The number of nitrogens with one attached hydrogen (secondary N) is 1. The highest BCUT2D eigenvalue weighted by atomic mass is 16.8.